The highest BCUT2D eigenvalue weighted by Gasteiger charge is 2.09. The van der Waals surface area contributed by atoms with Crippen LogP contribution in [0.15, 0.2) is 107 Å². The fourth-order valence-electron chi connectivity index (χ4n) is 3.34. The van der Waals surface area contributed by atoms with E-state index in [9.17, 15) is 9.59 Å². The summed E-state index contributed by atoms with van der Waals surface area (Å²) in [6, 6.07) is 24.1. The zero-order valence-corrected chi connectivity index (χ0v) is 23.6. The molecular formula is C30H20Cl4N4O2. The number of halogens is 4. The Bertz CT molecular complexity index is 1640. The molecule has 0 radical (unpaired) electrons. The highest BCUT2D eigenvalue weighted by atomic mass is 35.5. The summed E-state index contributed by atoms with van der Waals surface area (Å²) in [6.45, 7) is 0. The lowest BCUT2D eigenvalue weighted by molar-refractivity contribution is -0.112. The van der Waals surface area contributed by atoms with E-state index in [0.717, 1.165) is 0 Å². The van der Waals surface area contributed by atoms with Gasteiger partial charge in [0.15, 0.2) is 0 Å². The summed E-state index contributed by atoms with van der Waals surface area (Å²) in [5, 5.41) is 15.7. The van der Waals surface area contributed by atoms with Crippen LogP contribution in [0.5, 0.6) is 0 Å². The molecule has 0 spiro atoms. The van der Waals surface area contributed by atoms with Gasteiger partial charge >= 0.3 is 0 Å². The zero-order chi connectivity index (χ0) is 28.5. The quantitative estimate of drug-likeness (QED) is 0.154. The van der Waals surface area contributed by atoms with Crippen molar-refractivity contribution in [1.82, 2.24) is 0 Å². The van der Waals surface area contributed by atoms with Crippen LogP contribution >= 0.6 is 46.4 Å². The van der Waals surface area contributed by atoms with Crippen LogP contribution < -0.4 is 10.6 Å². The van der Waals surface area contributed by atoms with E-state index >= 15 is 0 Å². The Balaban J connectivity index is 1.53. The van der Waals surface area contributed by atoms with Gasteiger partial charge in [-0.2, -0.15) is 5.11 Å². The first kappa shape index (κ1) is 29.1. The van der Waals surface area contributed by atoms with Crippen LogP contribution in [0.25, 0.3) is 12.2 Å². The van der Waals surface area contributed by atoms with Crippen molar-refractivity contribution < 1.29 is 9.59 Å². The van der Waals surface area contributed by atoms with Gasteiger partial charge in [0.05, 0.1) is 31.5 Å². The normalized spacial score (nSPS) is 11.4. The average molecular weight is 610 g/mol. The molecular weight excluding hydrogens is 590 g/mol. The number of hydrogen-bond donors (Lipinski definition) is 2. The minimum absolute atomic E-state index is 0.342. The van der Waals surface area contributed by atoms with Gasteiger partial charge in [-0.1, -0.05) is 76.7 Å². The lowest BCUT2D eigenvalue weighted by Gasteiger charge is -2.09. The number of amides is 2. The smallest absolute Gasteiger partial charge is 0.248 e. The molecule has 200 valence electrons. The van der Waals surface area contributed by atoms with Gasteiger partial charge in [0.1, 0.15) is 5.69 Å². The average Bonchev–Trinajstić information content (AvgIpc) is 2.94. The number of benzene rings is 4. The molecule has 40 heavy (non-hydrogen) atoms. The minimum atomic E-state index is -0.426. The van der Waals surface area contributed by atoms with Gasteiger partial charge in [-0.3, -0.25) is 9.59 Å². The van der Waals surface area contributed by atoms with Crippen LogP contribution in [0.2, 0.25) is 20.1 Å². The third kappa shape index (κ3) is 8.53. The van der Waals surface area contributed by atoms with Gasteiger partial charge in [0.25, 0.3) is 0 Å². The predicted molar refractivity (Wildman–Crippen MR) is 165 cm³/mol. The maximum absolute atomic E-state index is 12.8. The monoisotopic (exact) mass is 608 g/mol. The third-order valence-corrected chi connectivity index (χ3v) is 6.77. The number of azo groups is 1. The van der Waals surface area contributed by atoms with Crippen molar-refractivity contribution in [1.29, 1.82) is 0 Å². The Kier molecular flexibility index (Phi) is 10.1. The molecule has 0 aliphatic rings. The molecule has 0 atom stereocenters. The Labute approximate surface area is 250 Å². The van der Waals surface area contributed by atoms with E-state index < -0.39 is 5.91 Å². The molecule has 0 aliphatic heterocycles. The van der Waals surface area contributed by atoms with Crippen LogP contribution in [0.3, 0.4) is 0 Å². The van der Waals surface area contributed by atoms with Crippen LogP contribution in [-0.4, -0.2) is 11.8 Å². The number of carbonyl (C=O) groups excluding carboxylic acids is 2. The first-order valence-corrected chi connectivity index (χ1v) is 13.3. The third-order valence-electron chi connectivity index (χ3n) is 5.29. The predicted octanol–water partition coefficient (Wildman–Crippen LogP) is 10.0. The standard InChI is InChI=1S/C30H20Cl4N4O2/c31-23-11-6-19(16-25(23)33)8-14-29(39)35-22-10-13-27(38-37-21-4-2-1-3-5-21)28(18-22)36-30(40)15-9-20-7-12-24(32)26(34)17-20/h1-18H,(H,35,39)(H,36,40)/b14-8+,15-9+,38-37?. The molecule has 0 aromatic heterocycles. The van der Waals surface area contributed by atoms with Gasteiger partial charge in [-0.05, 0) is 77.9 Å². The van der Waals surface area contributed by atoms with Crippen molar-refractivity contribution in [3.05, 3.63) is 128 Å². The molecule has 4 aromatic rings. The zero-order valence-electron chi connectivity index (χ0n) is 20.6. The van der Waals surface area contributed by atoms with Crippen LogP contribution in [0.1, 0.15) is 11.1 Å². The molecule has 0 aliphatic carbocycles. The lowest BCUT2D eigenvalue weighted by Crippen LogP contribution is -2.10. The summed E-state index contributed by atoms with van der Waals surface area (Å²) in [4.78, 5) is 25.3. The number of hydrogen-bond acceptors (Lipinski definition) is 4. The summed E-state index contributed by atoms with van der Waals surface area (Å²) >= 11 is 24.0. The van der Waals surface area contributed by atoms with Gasteiger partial charge in [0, 0.05) is 17.8 Å². The van der Waals surface area contributed by atoms with Gasteiger partial charge in [-0.25, -0.2) is 0 Å². The lowest BCUT2D eigenvalue weighted by atomic mass is 10.2. The molecule has 2 N–H and O–H groups in total. The maximum atomic E-state index is 12.8. The molecule has 0 saturated heterocycles. The minimum Gasteiger partial charge on any atom is -0.322 e. The van der Waals surface area contributed by atoms with E-state index in [2.05, 4.69) is 20.9 Å². The summed E-state index contributed by atoms with van der Waals surface area (Å²) < 4.78 is 0. The van der Waals surface area contributed by atoms with Crippen molar-refractivity contribution >= 4 is 93.1 Å². The Hall–Kier alpha value is -3.94. The highest BCUT2D eigenvalue weighted by Crippen LogP contribution is 2.31. The van der Waals surface area contributed by atoms with Crippen molar-refractivity contribution in [2.75, 3.05) is 10.6 Å². The molecule has 0 bridgehead atoms. The molecule has 6 nitrogen and oxygen atoms in total. The number of anilines is 2. The van der Waals surface area contributed by atoms with E-state index in [1.165, 1.54) is 12.2 Å². The van der Waals surface area contributed by atoms with Gasteiger partial charge in [0.2, 0.25) is 11.8 Å². The largest absolute Gasteiger partial charge is 0.322 e. The highest BCUT2D eigenvalue weighted by molar-refractivity contribution is 6.42. The fourth-order valence-corrected chi connectivity index (χ4v) is 3.95. The van der Waals surface area contributed by atoms with E-state index in [1.807, 2.05) is 18.2 Å². The Morgan fingerprint density at radius 3 is 1.75 bits per heavy atom. The van der Waals surface area contributed by atoms with E-state index in [0.29, 0.717) is 54.0 Å². The van der Waals surface area contributed by atoms with Crippen molar-refractivity contribution in [3.8, 4) is 0 Å². The van der Waals surface area contributed by atoms with Gasteiger partial charge < -0.3 is 10.6 Å². The second-order valence-electron chi connectivity index (χ2n) is 8.26. The number of rotatable bonds is 8. The Morgan fingerprint density at radius 2 is 1.18 bits per heavy atom. The molecule has 10 heteroatoms. The molecule has 4 aromatic carbocycles. The van der Waals surface area contributed by atoms with E-state index in [4.69, 9.17) is 46.4 Å². The number of nitrogens with one attached hydrogen (secondary N) is 2. The van der Waals surface area contributed by atoms with Crippen molar-refractivity contribution in [2.45, 2.75) is 0 Å². The SMILES string of the molecule is O=C(/C=C/c1ccc(Cl)c(Cl)c1)Nc1ccc(N=Nc2ccccc2)c(NC(=O)/C=C/c2ccc(Cl)c(Cl)c2)c1. The van der Waals surface area contributed by atoms with E-state index in [1.54, 1.807) is 78.9 Å². The molecule has 0 fully saturated rings. The summed E-state index contributed by atoms with van der Waals surface area (Å²) in [7, 11) is 0. The second-order valence-corrected chi connectivity index (χ2v) is 9.89. The topological polar surface area (TPSA) is 82.9 Å². The Morgan fingerprint density at radius 1 is 0.600 bits per heavy atom. The summed E-state index contributed by atoms with van der Waals surface area (Å²) in [5.74, 6) is -0.813. The van der Waals surface area contributed by atoms with Crippen LogP contribution in [-0.2, 0) is 9.59 Å². The van der Waals surface area contributed by atoms with Crippen LogP contribution in [0.4, 0.5) is 22.7 Å². The first-order chi connectivity index (χ1) is 19.3. The number of nitrogens with zero attached hydrogens (tertiary/aromatic N) is 2. The van der Waals surface area contributed by atoms with Gasteiger partial charge in [-0.15, -0.1) is 5.11 Å². The van der Waals surface area contributed by atoms with Crippen LogP contribution in [0, 0.1) is 0 Å². The summed E-state index contributed by atoms with van der Waals surface area (Å²) in [5.41, 5.74) is 3.22. The molecule has 2 amide bonds. The van der Waals surface area contributed by atoms with E-state index in [-0.39, 0.29) is 5.91 Å². The molecule has 4 rings (SSSR count). The molecule has 0 heterocycles. The van der Waals surface area contributed by atoms with Crippen molar-refractivity contribution in [2.24, 2.45) is 10.2 Å². The molecule has 0 unspecified atom stereocenters. The summed E-state index contributed by atoms with van der Waals surface area (Å²) in [6.07, 6.45) is 5.92. The first-order valence-electron chi connectivity index (χ1n) is 11.8. The fraction of sp³-hybridized carbons (Fsp3) is 0. The maximum Gasteiger partial charge on any atom is 0.248 e. The number of carbonyl (C=O) groups is 2. The molecule has 0 saturated carbocycles. The second kappa shape index (κ2) is 13.9. The van der Waals surface area contributed by atoms with Crippen molar-refractivity contribution in [3.63, 3.8) is 0 Å².